The third-order valence-electron chi connectivity index (χ3n) is 3.39. The monoisotopic (exact) mass is 237 g/mol. The third kappa shape index (κ3) is 2.63. The Morgan fingerprint density at radius 2 is 2.29 bits per heavy atom. The summed E-state index contributed by atoms with van der Waals surface area (Å²) in [5.74, 6) is 0.833. The van der Waals surface area contributed by atoms with Crippen LogP contribution in [0.5, 0.6) is 0 Å². The summed E-state index contributed by atoms with van der Waals surface area (Å²) >= 11 is 0. The van der Waals surface area contributed by atoms with Crippen molar-refractivity contribution in [3.63, 3.8) is 0 Å². The van der Waals surface area contributed by atoms with Crippen molar-refractivity contribution in [1.82, 2.24) is 20.1 Å². The molecule has 1 aromatic rings. The first kappa shape index (κ1) is 12.0. The van der Waals surface area contributed by atoms with Crippen LogP contribution in [0.25, 0.3) is 0 Å². The van der Waals surface area contributed by atoms with Crippen LogP contribution in [0.4, 0.5) is 0 Å². The molecule has 2 rings (SSSR count). The first-order valence-electron chi connectivity index (χ1n) is 6.02. The van der Waals surface area contributed by atoms with Crippen LogP contribution in [0, 0.1) is 0 Å². The van der Waals surface area contributed by atoms with Gasteiger partial charge in [0.15, 0.2) is 0 Å². The lowest BCUT2D eigenvalue weighted by Crippen LogP contribution is -2.52. The van der Waals surface area contributed by atoms with Gasteiger partial charge in [0.05, 0.1) is 5.54 Å². The Morgan fingerprint density at radius 3 is 2.88 bits per heavy atom. The molecule has 1 amide bonds. The molecule has 0 spiro atoms. The van der Waals surface area contributed by atoms with Crippen molar-refractivity contribution in [2.24, 2.45) is 12.8 Å². The second-order valence-corrected chi connectivity index (χ2v) is 4.73. The topological polar surface area (TPSA) is 85.8 Å². The maximum absolute atomic E-state index is 11.9. The van der Waals surface area contributed by atoms with Crippen LogP contribution in [0.15, 0.2) is 6.33 Å². The van der Waals surface area contributed by atoms with Crippen molar-refractivity contribution < 1.29 is 4.79 Å². The minimum atomic E-state index is -0.639. The maximum Gasteiger partial charge on any atom is 0.240 e. The van der Waals surface area contributed by atoms with E-state index in [1.807, 2.05) is 11.6 Å². The van der Waals surface area contributed by atoms with Crippen molar-refractivity contribution in [2.75, 3.05) is 6.54 Å². The predicted molar refractivity (Wildman–Crippen MR) is 63.1 cm³/mol. The molecule has 1 heterocycles. The van der Waals surface area contributed by atoms with E-state index in [1.54, 1.807) is 6.33 Å². The van der Waals surface area contributed by atoms with Gasteiger partial charge in [-0.3, -0.25) is 4.79 Å². The summed E-state index contributed by atoms with van der Waals surface area (Å²) in [6.45, 7) is 0.560. The largest absolute Gasteiger partial charge is 0.354 e. The molecule has 0 radical (unpaired) electrons. The van der Waals surface area contributed by atoms with Crippen molar-refractivity contribution in [3.8, 4) is 0 Å². The predicted octanol–water partition coefficient (Wildman–Crippen LogP) is -0.255. The SMILES string of the molecule is Cn1cnnc1CCNC(=O)C1(N)CCCC1. The number of aromatic nitrogens is 3. The van der Waals surface area contributed by atoms with Gasteiger partial charge in [-0.2, -0.15) is 0 Å². The molecule has 1 fully saturated rings. The Bertz CT molecular complexity index is 394. The van der Waals surface area contributed by atoms with Gasteiger partial charge in [-0.05, 0) is 12.8 Å². The fraction of sp³-hybridized carbons (Fsp3) is 0.727. The minimum Gasteiger partial charge on any atom is -0.354 e. The molecule has 0 unspecified atom stereocenters. The van der Waals surface area contributed by atoms with Crippen LogP contribution < -0.4 is 11.1 Å². The number of aryl methyl sites for hydroxylation is 1. The molecular weight excluding hydrogens is 218 g/mol. The smallest absolute Gasteiger partial charge is 0.240 e. The zero-order valence-corrected chi connectivity index (χ0v) is 10.1. The molecule has 1 aromatic heterocycles. The van der Waals surface area contributed by atoms with Crippen LogP contribution >= 0.6 is 0 Å². The molecule has 6 heteroatoms. The first-order valence-corrected chi connectivity index (χ1v) is 6.02. The zero-order chi connectivity index (χ0) is 12.3. The average molecular weight is 237 g/mol. The van der Waals surface area contributed by atoms with Crippen LogP contribution in [0.3, 0.4) is 0 Å². The maximum atomic E-state index is 11.9. The lowest BCUT2D eigenvalue weighted by molar-refractivity contribution is -0.126. The number of hydrogen-bond acceptors (Lipinski definition) is 4. The summed E-state index contributed by atoms with van der Waals surface area (Å²) < 4.78 is 1.85. The highest BCUT2D eigenvalue weighted by atomic mass is 16.2. The molecule has 1 aliphatic rings. The van der Waals surface area contributed by atoms with E-state index in [-0.39, 0.29) is 5.91 Å². The molecule has 0 aliphatic heterocycles. The number of nitrogens with two attached hydrogens (primary N) is 1. The fourth-order valence-electron chi connectivity index (χ4n) is 2.23. The lowest BCUT2D eigenvalue weighted by Gasteiger charge is -2.22. The molecule has 6 nitrogen and oxygen atoms in total. The molecule has 3 N–H and O–H groups in total. The number of amides is 1. The number of carbonyl (C=O) groups is 1. The van der Waals surface area contributed by atoms with Gasteiger partial charge in [-0.1, -0.05) is 12.8 Å². The van der Waals surface area contributed by atoms with Gasteiger partial charge < -0.3 is 15.6 Å². The third-order valence-corrected chi connectivity index (χ3v) is 3.39. The average Bonchev–Trinajstić information content (AvgIpc) is 2.89. The van der Waals surface area contributed by atoms with E-state index in [0.717, 1.165) is 31.5 Å². The number of nitrogens with one attached hydrogen (secondary N) is 1. The number of rotatable bonds is 4. The van der Waals surface area contributed by atoms with E-state index in [9.17, 15) is 4.79 Å². The van der Waals surface area contributed by atoms with E-state index >= 15 is 0 Å². The standard InChI is InChI=1S/C11H19N5O/c1-16-8-14-15-9(16)4-7-13-10(17)11(12)5-2-3-6-11/h8H,2-7,12H2,1H3,(H,13,17). The normalized spacial score (nSPS) is 18.2. The molecular formula is C11H19N5O. The van der Waals surface area contributed by atoms with Crippen LogP contribution in [-0.2, 0) is 18.3 Å². The second-order valence-electron chi connectivity index (χ2n) is 4.73. The zero-order valence-electron chi connectivity index (χ0n) is 10.1. The number of nitrogens with zero attached hydrogens (tertiary/aromatic N) is 3. The van der Waals surface area contributed by atoms with E-state index in [1.165, 1.54) is 0 Å². The van der Waals surface area contributed by atoms with Crippen molar-refractivity contribution in [2.45, 2.75) is 37.6 Å². The first-order chi connectivity index (χ1) is 8.12. The Hall–Kier alpha value is -1.43. The van der Waals surface area contributed by atoms with E-state index in [4.69, 9.17) is 5.73 Å². The highest BCUT2D eigenvalue weighted by Gasteiger charge is 2.36. The summed E-state index contributed by atoms with van der Waals surface area (Å²) in [4.78, 5) is 11.9. The molecule has 17 heavy (non-hydrogen) atoms. The molecule has 0 bridgehead atoms. The Balaban J connectivity index is 1.79. The Labute approximate surface area is 101 Å². The van der Waals surface area contributed by atoms with Gasteiger partial charge in [-0.25, -0.2) is 0 Å². The summed E-state index contributed by atoms with van der Waals surface area (Å²) in [5, 5.41) is 10.6. The number of carbonyl (C=O) groups excluding carboxylic acids is 1. The van der Waals surface area contributed by atoms with Crippen LogP contribution in [0.2, 0.25) is 0 Å². The highest BCUT2D eigenvalue weighted by Crippen LogP contribution is 2.27. The highest BCUT2D eigenvalue weighted by molar-refractivity contribution is 5.86. The van der Waals surface area contributed by atoms with Crippen molar-refractivity contribution in [1.29, 1.82) is 0 Å². The molecule has 0 atom stereocenters. The van der Waals surface area contributed by atoms with Gasteiger partial charge in [0, 0.05) is 20.0 Å². The number of hydrogen-bond donors (Lipinski definition) is 2. The van der Waals surface area contributed by atoms with Crippen LogP contribution in [0.1, 0.15) is 31.5 Å². The van der Waals surface area contributed by atoms with Crippen molar-refractivity contribution in [3.05, 3.63) is 12.2 Å². The van der Waals surface area contributed by atoms with E-state index < -0.39 is 5.54 Å². The second kappa shape index (κ2) is 4.83. The quantitative estimate of drug-likeness (QED) is 0.756. The van der Waals surface area contributed by atoms with Gasteiger partial charge in [0.2, 0.25) is 5.91 Å². The van der Waals surface area contributed by atoms with Gasteiger partial charge in [0.25, 0.3) is 0 Å². The van der Waals surface area contributed by atoms with Gasteiger partial charge in [0.1, 0.15) is 12.2 Å². The molecule has 94 valence electrons. The Kier molecular flexibility index (Phi) is 3.42. The summed E-state index contributed by atoms with van der Waals surface area (Å²) in [6.07, 6.45) is 6.02. The van der Waals surface area contributed by atoms with Gasteiger partial charge >= 0.3 is 0 Å². The fourth-order valence-corrected chi connectivity index (χ4v) is 2.23. The van der Waals surface area contributed by atoms with E-state index in [2.05, 4.69) is 15.5 Å². The van der Waals surface area contributed by atoms with E-state index in [0.29, 0.717) is 13.0 Å². The summed E-state index contributed by atoms with van der Waals surface area (Å²) in [5.41, 5.74) is 5.41. The molecule has 1 aliphatic carbocycles. The minimum absolute atomic E-state index is 0.0304. The summed E-state index contributed by atoms with van der Waals surface area (Å²) in [6, 6.07) is 0. The molecule has 1 saturated carbocycles. The summed E-state index contributed by atoms with van der Waals surface area (Å²) in [7, 11) is 1.89. The molecule has 0 saturated heterocycles. The van der Waals surface area contributed by atoms with Crippen molar-refractivity contribution >= 4 is 5.91 Å². The van der Waals surface area contributed by atoms with Crippen LogP contribution in [-0.4, -0.2) is 32.8 Å². The Morgan fingerprint density at radius 1 is 1.59 bits per heavy atom. The van der Waals surface area contributed by atoms with Gasteiger partial charge in [-0.15, -0.1) is 10.2 Å². The lowest BCUT2D eigenvalue weighted by atomic mass is 9.98. The molecule has 0 aromatic carbocycles.